The molecule has 1 unspecified atom stereocenters. The summed E-state index contributed by atoms with van der Waals surface area (Å²) in [5.41, 5.74) is -0.165. The van der Waals surface area contributed by atoms with Gasteiger partial charge in [0.25, 0.3) is 6.47 Å². The quantitative estimate of drug-likeness (QED) is 0.636. The number of carboxylic acid groups (broad SMARTS) is 1. The molecule has 1 spiro atoms. The normalized spacial score (nSPS) is 21.6. The number of nitriles is 1. The molecule has 4 rings (SSSR count). The zero-order valence-corrected chi connectivity index (χ0v) is 20.7. The average Bonchev–Trinajstić information content (AvgIpc) is 3.12. The van der Waals surface area contributed by atoms with E-state index in [9.17, 15) is 4.79 Å². The number of rotatable bonds is 2. The van der Waals surface area contributed by atoms with Crippen LogP contribution in [0.25, 0.3) is 0 Å². The summed E-state index contributed by atoms with van der Waals surface area (Å²) in [6.45, 7) is 14.0. The van der Waals surface area contributed by atoms with Crippen molar-refractivity contribution >= 4 is 30.0 Å². The molecular weight excluding hydrogens is 448 g/mol. The fourth-order valence-electron chi connectivity index (χ4n) is 4.22. The summed E-state index contributed by atoms with van der Waals surface area (Å²) >= 11 is 6.04. The third-order valence-electron chi connectivity index (χ3n) is 5.89. The van der Waals surface area contributed by atoms with Crippen molar-refractivity contribution in [3.63, 3.8) is 0 Å². The molecule has 0 radical (unpaired) electrons. The number of carbonyl (C=O) groups excluding carboxylic acids is 1. The molecule has 182 valence electrons. The maximum atomic E-state index is 12.6. The second kappa shape index (κ2) is 11.0. The van der Waals surface area contributed by atoms with E-state index in [4.69, 9.17) is 31.5 Å². The number of anilines is 1. The van der Waals surface area contributed by atoms with E-state index in [2.05, 4.69) is 40.5 Å². The van der Waals surface area contributed by atoms with Crippen LogP contribution in [0.2, 0.25) is 5.15 Å². The molecule has 1 N–H and O–H groups in total. The van der Waals surface area contributed by atoms with Crippen LogP contribution in [-0.2, 0) is 9.53 Å². The first-order valence-electron chi connectivity index (χ1n) is 11.1. The molecule has 1 aromatic heterocycles. The zero-order chi connectivity index (χ0) is 24.8. The number of ether oxygens (including phenoxy) is 1. The smallest absolute Gasteiger partial charge is 0.410 e. The van der Waals surface area contributed by atoms with Crippen LogP contribution in [0.1, 0.15) is 53.2 Å². The van der Waals surface area contributed by atoms with Gasteiger partial charge in [0.1, 0.15) is 11.9 Å². The van der Waals surface area contributed by atoms with Crippen molar-refractivity contribution in [1.82, 2.24) is 19.8 Å². The summed E-state index contributed by atoms with van der Waals surface area (Å²) in [7, 11) is 0. The summed E-state index contributed by atoms with van der Waals surface area (Å²) in [6.07, 6.45) is 3.23. The third-order valence-corrected chi connectivity index (χ3v) is 6.15. The summed E-state index contributed by atoms with van der Waals surface area (Å²) in [5, 5.41) is 16.0. The minimum atomic E-state index is -0.371. The van der Waals surface area contributed by atoms with E-state index in [1.54, 1.807) is 6.20 Å². The van der Waals surface area contributed by atoms with Crippen LogP contribution in [0.15, 0.2) is 6.20 Å². The van der Waals surface area contributed by atoms with Crippen molar-refractivity contribution in [1.29, 1.82) is 5.26 Å². The third kappa shape index (κ3) is 6.03. The van der Waals surface area contributed by atoms with E-state index in [-0.39, 0.29) is 40.6 Å². The number of hydrogen-bond acceptors (Lipinski definition) is 8. The Morgan fingerprint density at radius 3 is 2.52 bits per heavy atom. The Morgan fingerprint density at radius 1 is 1.33 bits per heavy atom. The van der Waals surface area contributed by atoms with Crippen molar-refractivity contribution in [2.45, 2.75) is 64.6 Å². The van der Waals surface area contributed by atoms with Crippen molar-refractivity contribution in [2.75, 3.05) is 37.6 Å². The molecule has 1 atom stereocenters. The van der Waals surface area contributed by atoms with Gasteiger partial charge in [-0.2, -0.15) is 5.26 Å². The molecule has 3 fully saturated rings. The SMILES string of the molecule is CC.CC(C)(C)N1CC2(CN(C3CCCN(c4cnc(C#N)c(Cl)n4)C3)C(=O)O2)C1.O=CO. The van der Waals surface area contributed by atoms with Gasteiger partial charge in [-0.05, 0) is 33.6 Å². The van der Waals surface area contributed by atoms with Crippen molar-refractivity contribution < 1.29 is 19.4 Å². The minimum Gasteiger partial charge on any atom is -0.483 e. The number of hydrogen-bond donors (Lipinski definition) is 1. The van der Waals surface area contributed by atoms with Crippen LogP contribution in [0.3, 0.4) is 0 Å². The van der Waals surface area contributed by atoms with Gasteiger partial charge in [-0.3, -0.25) is 14.6 Å². The number of likely N-dealkylation sites (tertiary alicyclic amines) is 1. The van der Waals surface area contributed by atoms with Crippen LogP contribution in [-0.4, -0.2) is 87.3 Å². The molecule has 1 amide bonds. The van der Waals surface area contributed by atoms with E-state index in [0.29, 0.717) is 18.9 Å². The van der Waals surface area contributed by atoms with Crippen LogP contribution in [0, 0.1) is 11.3 Å². The fourth-order valence-corrected chi connectivity index (χ4v) is 4.40. The van der Waals surface area contributed by atoms with Gasteiger partial charge in [0, 0.05) is 31.7 Å². The number of halogens is 1. The highest BCUT2D eigenvalue weighted by molar-refractivity contribution is 6.30. The van der Waals surface area contributed by atoms with E-state index < -0.39 is 0 Å². The lowest BCUT2D eigenvalue weighted by atomic mass is 9.88. The Morgan fingerprint density at radius 2 is 1.97 bits per heavy atom. The Labute approximate surface area is 200 Å². The number of amides is 1. The lowest BCUT2D eigenvalue weighted by Crippen LogP contribution is -2.68. The van der Waals surface area contributed by atoms with Gasteiger partial charge in [-0.1, -0.05) is 25.4 Å². The zero-order valence-electron chi connectivity index (χ0n) is 19.9. The van der Waals surface area contributed by atoms with Crippen molar-refractivity contribution in [2.24, 2.45) is 0 Å². The fraction of sp³-hybridized carbons (Fsp3) is 0.682. The highest BCUT2D eigenvalue weighted by atomic mass is 35.5. The Hall–Kier alpha value is -2.64. The molecule has 0 bridgehead atoms. The van der Waals surface area contributed by atoms with Crippen LogP contribution >= 0.6 is 11.6 Å². The molecular formula is C22H33ClN6O4. The van der Waals surface area contributed by atoms with Crippen LogP contribution in [0.5, 0.6) is 0 Å². The first-order valence-corrected chi connectivity index (χ1v) is 11.5. The maximum Gasteiger partial charge on any atom is 0.410 e. The number of piperidine rings is 1. The molecule has 3 aliphatic heterocycles. The molecule has 33 heavy (non-hydrogen) atoms. The predicted octanol–water partition coefficient (Wildman–Crippen LogP) is 3.00. The monoisotopic (exact) mass is 480 g/mol. The Kier molecular flexibility index (Phi) is 8.86. The average molecular weight is 481 g/mol. The molecule has 0 aromatic carbocycles. The molecule has 11 heteroatoms. The van der Waals surface area contributed by atoms with E-state index in [1.807, 2.05) is 24.8 Å². The summed E-state index contributed by atoms with van der Waals surface area (Å²) < 4.78 is 5.81. The van der Waals surface area contributed by atoms with Gasteiger partial charge in [0.05, 0.1) is 18.8 Å². The van der Waals surface area contributed by atoms with Crippen LogP contribution < -0.4 is 4.90 Å². The first-order chi connectivity index (χ1) is 15.6. The highest BCUT2D eigenvalue weighted by Gasteiger charge is 2.56. The highest BCUT2D eigenvalue weighted by Crippen LogP contribution is 2.38. The molecule has 0 saturated carbocycles. The van der Waals surface area contributed by atoms with Crippen LogP contribution in [0.4, 0.5) is 10.6 Å². The number of carbonyl (C=O) groups is 2. The largest absolute Gasteiger partial charge is 0.483 e. The number of aromatic nitrogens is 2. The van der Waals surface area contributed by atoms with E-state index in [0.717, 1.165) is 32.5 Å². The van der Waals surface area contributed by atoms with Crippen molar-refractivity contribution in [3.05, 3.63) is 17.0 Å². The Balaban J connectivity index is 0.000000714. The second-order valence-corrected chi connectivity index (χ2v) is 9.39. The molecule has 3 aliphatic rings. The van der Waals surface area contributed by atoms with E-state index >= 15 is 0 Å². The lowest BCUT2D eigenvalue weighted by molar-refractivity contribution is -0.122. The topological polar surface area (TPSA) is 123 Å². The lowest BCUT2D eigenvalue weighted by Gasteiger charge is -2.52. The summed E-state index contributed by atoms with van der Waals surface area (Å²) in [4.78, 5) is 35.6. The summed E-state index contributed by atoms with van der Waals surface area (Å²) in [6, 6.07) is 1.99. The molecule has 0 aliphatic carbocycles. The second-order valence-electron chi connectivity index (χ2n) is 9.03. The predicted molar refractivity (Wildman–Crippen MR) is 124 cm³/mol. The standard InChI is InChI=1S/C19H25ClN6O2.C2H6.CH2O2/c1-18(2,3)25-10-19(11-25)12-26(17(27)28-19)13-5-4-6-24(9-13)15-8-22-14(7-21)16(20)23-15;1-2;2-1-3/h8,13H,4-6,9-12H2,1-3H3;1-2H3;1H,(H,2,3). The molecule has 1 aromatic rings. The van der Waals surface area contributed by atoms with Gasteiger partial charge in [-0.25, -0.2) is 14.8 Å². The van der Waals surface area contributed by atoms with Crippen molar-refractivity contribution in [3.8, 4) is 6.07 Å². The Bertz CT molecular complexity index is 879. The van der Waals surface area contributed by atoms with Gasteiger partial charge in [-0.15, -0.1) is 0 Å². The number of nitrogens with zero attached hydrogens (tertiary/aromatic N) is 6. The molecule has 10 nitrogen and oxygen atoms in total. The maximum absolute atomic E-state index is 12.6. The molecule has 4 heterocycles. The van der Waals surface area contributed by atoms with Gasteiger partial charge in [0.15, 0.2) is 16.4 Å². The minimum absolute atomic E-state index is 0.0699. The van der Waals surface area contributed by atoms with E-state index in [1.165, 1.54) is 0 Å². The van der Waals surface area contributed by atoms with Gasteiger partial charge >= 0.3 is 6.09 Å². The van der Waals surface area contributed by atoms with Gasteiger partial charge in [0.2, 0.25) is 0 Å². The summed E-state index contributed by atoms with van der Waals surface area (Å²) in [5.74, 6) is 0.638. The van der Waals surface area contributed by atoms with Gasteiger partial charge < -0.3 is 14.7 Å². The molecule has 3 saturated heterocycles. The first kappa shape index (κ1) is 26.6.